The summed E-state index contributed by atoms with van der Waals surface area (Å²) in [7, 11) is 0. The quantitative estimate of drug-likeness (QED) is 0.644. The van der Waals surface area contributed by atoms with Crippen molar-refractivity contribution in [2.75, 3.05) is 0 Å². The van der Waals surface area contributed by atoms with Gasteiger partial charge in [-0.15, -0.1) is 0 Å². The van der Waals surface area contributed by atoms with E-state index in [-0.39, 0.29) is 5.78 Å². The Morgan fingerprint density at radius 2 is 1.75 bits per heavy atom. The molecule has 2 aromatic carbocycles. The van der Waals surface area contributed by atoms with Crippen molar-refractivity contribution in [3.63, 3.8) is 0 Å². The molecule has 0 atom stereocenters. The van der Waals surface area contributed by atoms with Gasteiger partial charge in [-0.2, -0.15) is 0 Å². The van der Waals surface area contributed by atoms with Gasteiger partial charge in [0.1, 0.15) is 5.76 Å². The summed E-state index contributed by atoms with van der Waals surface area (Å²) in [5, 5.41) is 0.527. The van der Waals surface area contributed by atoms with Gasteiger partial charge in [0.15, 0.2) is 5.78 Å². The molecule has 0 bridgehead atoms. The minimum absolute atomic E-state index is 0.0699. The maximum Gasteiger partial charge on any atom is 0.193 e. The normalized spacial score (nSPS) is 10.4. The maximum atomic E-state index is 12.6. The van der Waals surface area contributed by atoms with E-state index in [4.69, 9.17) is 16.0 Å². The van der Waals surface area contributed by atoms with Gasteiger partial charge < -0.3 is 4.42 Å². The van der Waals surface area contributed by atoms with Crippen LogP contribution in [0.3, 0.4) is 0 Å². The van der Waals surface area contributed by atoms with E-state index in [0.29, 0.717) is 21.9 Å². The second-order valence-corrected chi connectivity index (χ2v) is 4.80. The Kier molecular flexibility index (Phi) is 3.40. The summed E-state index contributed by atoms with van der Waals surface area (Å²) in [6.07, 6.45) is 1.58. The predicted octanol–water partition coefficient (Wildman–Crippen LogP) is 4.83. The molecule has 0 aliphatic carbocycles. The van der Waals surface area contributed by atoms with Crippen molar-refractivity contribution < 1.29 is 9.21 Å². The third-order valence-corrected chi connectivity index (χ3v) is 3.28. The zero-order valence-electron chi connectivity index (χ0n) is 10.5. The number of furan rings is 1. The van der Waals surface area contributed by atoms with E-state index < -0.39 is 0 Å². The van der Waals surface area contributed by atoms with Crippen molar-refractivity contribution in [1.82, 2.24) is 0 Å². The van der Waals surface area contributed by atoms with Gasteiger partial charge in [-0.1, -0.05) is 41.9 Å². The van der Waals surface area contributed by atoms with Gasteiger partial charge in [-0.05, 0) is 30.3 Å². The summed E-state index contributed by atoms with van der Waals surface area (Å²) in [6.45, 7) is 0. The number of carbonyl (C=O) groups excluding carboxylic acids is 1. The molecule has 0 amide bonds. The topological polar surface area (TPSA) is 30.2 Å². The molecule has 0 spiro atoms. The molecule has 98 valence electrons. The van der Waals surface area contributed by atoms with E-state index in [0.717, 1.165) is 5.56 Å². The van der Waals surface area contributed by atoms with Crippen molar-refractivity contribution in [3.05, 3.63) is 83.1 Å². The molecular weight excluding hydrogens is 272 g/mol. The fraction of sp³-hybridized carbons (Fsp3) is 0. The number of benzene rings is 2. The van der Waals surface area contributed by atoms with Crippen LogP contribution in [0, 0.1) is 0 Å². The number of ketones is 1. The Balaban J connectivity index is 2.13. The van der Waals surface area contributed by atoms with Crippen LogP contribution in [0.1, 0.15) is 15.9 Å². The molecule has 0 aliphatic rings. The number of carbonyl (C=O) groups is 1. The summed E-state index contributed by atoms with van der Waals surface area (Å²) in [5.41, 5.74) is 1.91. The Hall–Kier alpha value is -2.32. The fourth-order valence-corrected chi connectivity index (χ4v) is 2.27. The van der Waals surface area contributed by atoms with E-state index in [9.17, 15) is 4.79 Å². The lowest BCUT2D eigenvalue weighted by atomic mass is 9.97. The van der Waals surface area contributed by atoms with Gasteiger partial charge >= 0.3 is 0 Å². The molecule has 3 aromatic rings. The van der Waals surface area contributed by atoms with Gasteiger partial charge in [-0.25, -0.2) is 0 Å². The van der Waals surface area contributed by atoms with Crippen molar-refractivity contribution in [3.8, 4) is 11.3 Å². The Morgan fingerprint density at radius 1 is 0.950 bits per heavy atom. The molecule has 0 unspecified atom stereocenters. The zero-order chi connectivity index (χ0) is 13.9. The maximum absolute atomic E-state index is 12.6. The van der Waals surface area contributed by atoms with E-state index >= 15 is 0 Å². The monoisotopic (exact) mass is 282 g/mol. The highest BCUT2D eigenvalue weighted by atomic mass is 35.5. The Morgan fingerprint density at radius 3 is 2.45 bits per heavy atom. The molecule has 1 heterocycles. The van der Waals surface area contributed by atoms with E-state index in [2.05, 4.69) is 0 Å². The van der Waals surface area contributed by atoms with Gasteiger partial charge in [-0.3, -0.25) is 4.79 Å². The zero-order valence-corrected chi connectivity index (χ0v) is 11.3. The first-order valence-corrected chi connectivity index (χ1v) is 6.56. The molecule has 0 N–H and O–H groups in total. The van der Waals surface area contributed by atoms with Crippen LogP contribution in [0.15, 0.2) is 71.3 Å². The standard InChI is InChI=1S/C17H11ClO2/c18-13-8-9-14(16-7-4-10-20-16)15(11-13)17(19)12-5-2-1-3-6-12/h1-11H. The number of halogens is 1. The van der Waals surface area contributed by atoms with Gasteiger partial charge in [0.2, 0.25) is 0 Å². The first-order valence-electron chi connectivity index (χ1n) is 6.19. The third-order valence-electron chi connectivity index (χ3n) is 3.05. The lowest BCUT2D eigenvalue weighted by Gasteiger charge is -2.07. The summed E-state index contributed by atoms with van der Waals surface area (Å²) < 4.78 is 5.39. The largest absolute Gasteiger partial charge is 0.464 e. The lowest BCUT2D eigenvalue weighted by Crippen LogP contribution is -2.03. The first kappa shape index (κ1) is 12.7. The summed E-state index contributed by atoms with van der Waals surface area (Å²) in [5.74, 6) is 0.584. The van der Waals surface area contributed by atoms with Crippen LogP contribution in [0.4, 0.5) is 0 Å². The van der Waals surface area contributed by atoms with Crippen LogP contribution < -0.4 is 0 Å². The van der Waals surface area contributed by atoms with Crippen LogP contribution in [-0.2, 0) is 0 Å². The van der Waals surface area contributed by atoms with Crippen LogP contribution in [0.2, 0.25) is 5.02 Å². The highest BCUT2D eigenvalue weighted by molar-refractivity contribution is 6.31. The molecule has 3 rings (SSSR count). The molecule has 1 aromatic heterocycles. The molecule has 20 heavy (non-hydrogen) atoms. The minimum atomic E-state index is -0.0699. The highest BCUT2D eigenvalue weighted by Crippen LogP contribution is 2.28. The lowest BCUT2D eigenvalue weighted by molar-refractivity contribution is 0.103. The minimum Gasteiger partial charge on any atom is -0.464 e. The molecular formula is C17H11ClO2. The van der Waals surface area contributed by atoms with Crippen molar-refractivity contribution in [2.24, 2.45) is 0 Å². The average Bonchev–Trinajstić information content (AvgIpc) is 3.01. The van der Waals surface area contributed by atoms with Crippen LogP contribution in [0.5, 0.6) is 0 Å². The molecule has 0 saturated heterocycles. The Bertz CT molecular complexity index is 731. The molecule has 2 nitrogen and oxygen atoms in total. The predicted molar refractivity (Wildman–Crippen MR) is 79.0 cm³/mol. The molecule has 0 aliphatic heterocycles. The fourth-order valence-electron chi connectivity index (χ4n) is 2.10. The van der Waals surface area contributed by atoms with Crippen LogP contribution in [-0.4, -0.2) is 5.78 Å². The SMILES string of the molecule is O=C(c1ccccc1)c1cc(Cl)ccc1-c1ccco1. The van der Waals surface area contributed by atoms with Crippen molar-refractivity contribution >= 4 is 17.4 Å². The molecule has 0 radical (unpaired) electrons. The van der Waals surface area contributed by atoms with Crippen LogP contribution >= 0.6 is 11.6 Å². The molecule has 3 heteroatoms. The van der Waals surface area contributed by atoms with Gasteiger partial charge in [0.05, 0.1) is 6.26 Å². The number of rotatable bonds is 3. The third kappa shape index (κ3) is 2.38. The second-order valence-electron chi connectivity index (χ2n) is 4.36. The van der Waals surface area contributed by atoms with E-state index in [1.165, 1.54) is 0 Å². The number of hydrogen-bond donors (Lipinski definition) is 0. The van der Waals surface area contributed by atoms with Crippen LogP contribution in [0.25, 0.3) is 11.3 Å². The van der Waals surface area contributed by atoms with Gasteiger partial charge in [0, 0.05) is 21.7 Å². The van der Waals surface area contributed by atoms with E-state index in [1.807, 2.05) is 24.3 Å². The smallest absolute Gasteiger partial charge is 0.193 e. The number of hydrogen-bond acceptors (Lipinski definition) is 2. The molecule has 0 fully saturated rings. The van der Waals surface area contributed by atoms with Gasteiger partial charge in [0.25, 0.3) is 0 Å². The average molecular weight is 283 g/mol. The Labute approximate surface area is 121 Å². The van der Waals surface area contributed by atoms with E-state index in [1.54, 1.807) is 42.7 Å². The summed E-state index contributed by atoms with van der Waals surface area (Å²) in [4.78, 5) is 12.6. The summed E-state index contributed by atoms with van der Waals surface area (Å²) in [6, 6.07) is 18.0. The van der Waals surface area contributed by atoms with Crippen molar-refractivity contribution in [1.29, 1.82) is 0 Å². The van der Waals surface area contributed by atoms with Crippen molar-refractivity contribution in [2.45, 2.75) is 0 Å². The summed E-state index contributed by atoms with van der Waals surface area (Å²) >= 11 is 6.03. The molecule has 0 saturated carbocycles. The highest BCUT2D eigenvalue weighted by Gasteiger charge is 2.16. The first-order chi connectivity index (χ1) is 9.75. The second kappa shape index (κ2) is 5.35.